The van der Waals surface area contributed by atoms with E-state index in [1.165, 1.54) is 63.2 Å². The van der Waals surface area contributed by atoms with E-state index in [-0.39, 0.29) is 0 Å². The Morgan fingerprint density at radius 1 is 0.538 bits per heavy atom. The standard InChI is InChI=1S/C22H26N4/c1-2-16-25(15-1)21-9-5-19(6-10-21)23-13-14-24-20-7-11-22(12-8-20)26-17-3-4-18-26/h5-14H,1-4,15-18H2. The van der Waals surface area contributed by atoms with E-state index in [2.05, 4.69) is 68.3 Å². The van der Waals surface area contributed by atoms with Crippen LogP contribution < -0.4 is 9.80 Å². The number of hydrogen-bond acceptors (Lipinski definition) is 4. The second-order valence-corrected chi connectivity index (χ2v) is 6.98. The largest absolute Gasteiger partial charge is 0.372 e. The molecule has 26 heavy (non-hydrogen) atoms. The molecule has 0 amide bonds. The van der Waals surface area contributed by atoms with Gasteiger partial charge >= 0.3 is 0 Å². The molecule has 2 aromatic rings. The Labute approximate surface area is 155 Å². The Kier molecular flexibility index (Phi) is 5.29. The highest BCUT2D eigenvalue weighted by atomic mass is 15.1. The highest BCUT2D eigenvalue weighted by molar-refractivity contribution is 6.17. The first-order chi connectivity index (χ1) is 12.9. The van der Waals surface area contributed by atoms with E-state index in [1.807, 2.05) is 0 Å². The Morgan fingerprint density at radius 3 is 1.23 bits per heavy atom. The molecular weight excluding hydrogens is 320 g/mol. The van der Waals surface area contributed by atoms with Crippen molar-refractivity contribution in [3.05, 3.63) is 48.5 Å². The fourth-order valence-electron chi connectivity index (χ4n) is 3.69. The van der Waals surface area contributed by atoms with E-state index in [4.69, 9.17) is 0 Å². The van der Waals surface area contributed by atoms with Crippen LogP contribution in [0.5, 0.6) is 0 Å². The van der Waals surface area contributed by atoms with Crippen LogP contribution in [0.25, 0.3) is 0 Å². The average molecular weight is 346 g/mol. The van der Waals surface area contributed by atoms with Crippen LogP contribution >= 0.6 is 0 Å². The molecule has 0 spiro atoms. The number of hydrogen-bond donors (Lipinski definition) is 0. The first-order valence-corrected chi connectivity index (χ1v) is 9.65. The van der Waals surface area contributed by atoms with Gasteiger partial charge in [-0.3, -0.25) is 9.98 Å². The molecule has 0 radical (unpaired) electrons. The zero-order valence-electron chi connectivity index (χ0n) is 15.2. The lowest BCUT2D eigenvalue weighted by Crippen LogP contribution is -2.17. The summed E-state index contributed by atoms with van der Waals surface area (Å²) in [5.41, 5.74) is 4.52. The minimum atomic E-state index is 0.962. The summed E-state index contributed by atoms with van der Waals surface area (Å²) >= 11 is 0. The molecule has 134 valence electrons. The van der Waals surface area contributed by atoms with Crippen LogP contribution in [0.3, 0.4) is 0 Å². The third-order valence-corrected chi connectivity index (χ3v) is 5.16. The van der Waals surface area contributed by atoms with E-state index in [0.717, 1.165) is 11.4 Å². The maximum Gasteiger partial charge on any atom is 0.0631 e. The topological polar surface area (TPSA) is 31.2 Å². The molecule has 2 saturated heterocycles. The smallest absolute Gasteiger partial charge is 0.0631 e. The molecule has 0 atom stereocenters. The number of rotatable bonds is 5. The van der Waals surface area contributed by atoms with Crippen molar-refractivity contribution in [2.45, 2.75) is 25.7 Å². The Morgan fingerprint density at radius 2 is 0.885 bits per heavy atom. The van der Waals surface area contributed by atoms with Gasteiger partial charge in [-0.15, -0.1) is 0 Å². The van der Waals surface area contributed by atoms with Gasteiger partial charge in [0.15, 0.2) is 0 Å². The van der Waals surface area contributed by atoms with Crippen LogP contribution in [0.15, 0.2) is 58.5 Å². The van der Waals surface area contributed by atoms with Gasteiger partial charge in [0.2, 0.25) is 0 Å². The van der Waals surface area contributed by atoms with Crippen molar-refractivity contribution in [3.8, 4) is 0 Å². The lowest BCUT2D eigenvalue weighted by atomic mass is 10.2. The summed E-state index contributed by atoms with van der Waals surface area (Å²) in [6, 6.07) is 16.9. The SMILES string of the molecule is C(C=Nc1ccc(N2CCCC2)cc1)=Nc1ccc(N2CCCC2)cc1. The van der Waals surface area contributed by atoms with Crippen molar-refractivity contribution in [3.63, 3.8) is 0 Å². The molecule has 2 aromatic carbocycles. The zero-order chi connectivity index (χ0) is 17.6. The van der Waals surface area contributed by atoms with Gasteiger partial charge < -0.3 is 9.80 Å². The van der Waals surface area contributed by atoms with E-state index in [9.17, 15) is 0 Å². The summed E-state index contributed by atoms with van der Waals surface area (Å²) in [4.78, 5) is 13.8. The van der Waals surface area contributed by atoms with Crippen LogP contribution in [0.1, 0.15) is 25.7 Å². The van der Waals surface area contributed by atoms with Crippen molar-refractivity contribution in [2.75, 3.05) is 36.0 Å². The van der Waals surface area contributed by atoms with E-state index in [1.54, 1.807) is 12.4 Å². The van der Waals surface area contributed by atoms with Gasteiger partial charge in [-0.1, -0.05) is 0 Å². The summed E-state index contributed by atoms with van der Waals surface area (Å²) in [6.07, 6.45) is 8.73. The van der Waals surface area contributed by atoms with Crippen LogP contribution in [0.2, 0.25) is 0 Å². The van der Waals surface area contributed by atoms with Gasteiger partial charge in [0.05, 0.1) is 11.4 Å². The second-order valence-electron chi connectivity index (χ2n) is 6.98. The molecule has 2 fully saturated rings. The Bertz CT molecular complexity index is 682. The average Bonchev–Trinajstić information content (AvgIpc) is 3.40. The molecule has 0 N–H and O–H groups in total. The van der Waals surface area contributed by atoms with Gasteiger partial charge in [-0.25, -0.2) is 0 Å². The third kappa shape index (κ3) is 4.13. The fourth-order valence-corrected chi connectivity index (χ4v) is 3.69. The zero-order valence-corrected chi connectivity index (χ0v) is 15.2. The molecular formula is C22H26N4. The normalized spacial score (nSPS) is 17.8. The quantitative estimate of drug-likeness (QED) is 0.714. The number of anilines is 2. The molecule has 0 unspecified atom stereocenters. The summed E-state index contributed by atoms with van der Waals surface area (Å²) < 4.78 is 0. The summed E-state index contributed by atoms with van der Waals surface area (Å²) in [5, 5.41) is 0. The molecule has 0 bridgehead atoms. The van der Waals surface area contributed by atoms with Crippen LogP contribution in [0.4, 0.5) is 22.7 Å². The van der Waals surface area contributed by atoms with Crippen molar-refractivity contribution >= 4 is 35.2 Å². The van der Waals surface area contributed by atoms with Crippen LogP contribution in [0, 0.1) is 0 Å². The summed E-state index contributed by atoms with van der Waals surface area (Å²) in [5.74, 6) is 0. The first-order valence-electron chi connectivity index (χ1n) is 9.65. The molecule has 4 heteroatoms. The van der Waals surface area contributed by atoms with Gasteiger partial charge in [-0.05, 0) is 74.2 Å². The molecule has 0 aliphatic carbocycles. The molecule has 2 aliphatic heterocycles. The monoisotopic (exact) mass is 346 g/mol. The number of aliphatic imine (C=N–C) groups is 2. The predicted molar refractivity (Wildman–Crippen MR) is 112 cm³/mol. The Hall–Kier alpha value is -2.62. The minimum absolute atomic E-state index is 0.962. The van der Waals surface area contributed by atoms with Gasteiger partial charge in [-0.2, -0.15) is 0 Å². The van der Waals surface area contributed by atoms with Gasteiger partial charge in [0, 0.05) is 50.0 Å². The lowest BCUT2D eigenvalue weighted by Gasteiger charge is -2.17. The van der Waals surface area contributed by atoms with E-state index >= 15 is 0 Å². The highest BCUT2D eigenvalue weighted by Gasteiger charge is 2.12. The molecule has 0 saturated carbocycles. The van der Waals surface area contributed by atoms with E-state index in [0.29, 0.717) is 0 Å². The molecule has 2 aliphatic rings. The van der Waals surface area contributed by atoms with Crippen LogP contribution in [-0.4, -0.2) is 38.6 Å². The predicted octanol–water partition coefficient (Wildman–Crippen LogP) is 4.99. The first kappa shape index (κ1) is 16.8. The Balaban J connectivity index is 1.32. The van der Waals surface area contributed by atoms with Gasteiger partial charge in [0.25, 0.3) is 0 Å². The molecule has 2 heterocycles. The molecule has 4 nitrogen and oxygen atoms in total. The van der Waals surface area contributed by atoms with Crippen molar-refractivity contribution < 1.29 is 0 Å². The lowest BCUT2D eigenvalue weighted by molar-refractivity contribution is 0.949. The van der Waals surface area contributed by atoms with Gasteiger partial charge in [0.1, 0.15) is 0 Å². The minimum Gasteiger partial charge on any atom is -0.372 e. The fraction of sp³-hybridized carbons (Fsp3) is 0.364. The molecule has 4 rings (SSSR count). The van der Waals surface area contributed by atoms with E-state index < -0.39 is 0 Å². The van der Waals surface area contributed by atoms with Crippen molar-refractivity contribution in [1.82, 2.24) is 0 Å². The second kappa shape index (κ2) is 8.17. The third-order valence-electron chi connectivity index (χ3n) is 5.16. The maximum absolute atomic E-state index is 4.47. The summed E-state index contributed by atoms with van der Waals surface area (Å²) in [6.45, 7) is 4.69. The molecule has 0 aromatic heterocycles. The number of nitrogens with zero attached hydrogens (tertiary/aromatic N) is 4. The van der Waals surface area contributed by atoms with Crippen molar-refractivity contribution in [2.24, 2.45) is 9.98 Å². The maximum atomic E-state index is 4.47. The highest BCUT2D eigenvalue weighted by Crippen LogP contribution is 2.24. The summed E-state index contributed by atoms with van der Waals surface area (Å²) in [7, 11) is 0. The van der Waals surface area contributed by atoms with Crippen molar-refractivity contribution in [1.29, 1.82) is 0 Å². The van der Waals surface area contributed by atoms with Crippen LogP contribution in [-0.2, 0) is 0 Å². The number of benzene rings is 2.